The molecule has 0 aliphatic rings. The molecule has 5 nitrogen and oxygen atoms in total. The molecular formula is C8H13N3O2. The van der Waals surface area contributed by atoms with Gasteiger partial charge in [0.25, 0.3) is 5.91 Å². The number of rotatable bonds is 2. The predicted octanol–water partition coefficient (Wildman–Crippen LogP) is 0.710. The minimum absolute atomic E-state index is 0.119. The van der Waals surface area contributed by atoms with Gasteiger partial charge in [-0.3, -0.25) is 10.2 Å². The summed E-state index contributed by atoms with van der Waals surface area (Å²) in [7, 11) is 0. The molecule has 1 heterocycles. The van der Waals surface area contributed by atoms with Crippen LogP contribution in [0.2, 0.25) is 0 Å². The molecule has 0 bridgehead atoms. The third kappa shape index (κ3) is 1.70. The third-order valence-electron chi connectivity index (χ3n) is 1.77. The van der Waals surface area contributed by atoms with Crippen LogP contribution in [0, 0.1) is 6.92 Å². The Hall–Kier alpha value is -1.36. The van der Waals surface area contributed by atoms with E-state index in [2.05, 4.69) is 10.6 Å². The summed E-state index contributed by atoms with van der Waals surface area (Å²) in [6.45, 7) is 5.56. The zero-order valence-corrected chi connectivity index (χ0v) is 7.92. The van der Waals surface area contributed by atoms with Crippen molar-refractivity contribution in [3.8, 4) is 0 Å². The van der Waals surface area contributed by atoms with Crippen LogP contribution >= 0.6 is 0 Å². The van der Waals surface area contributed by atoms with E-state index in [0.29, 0.717) is 17.0 Å². The molecule has 0 unspecified atom stereocenters. The van der Waals surface area contributed by atoms with Gasteiger partial charge in [0.2, 0.25) is 0 Å². The van der Waals surface area contributed by atoms with Crippen molar-refractivity contribution < 1.29 is 9.32 Å². The van der Waals surface area contributed by atoms with Crippen LogP contribution in [0.4, 0.5) is 0 Å². The third-order valence-corrected chi connectivity index (χ3v) is 1.77. The molecule has 0 aromatic carbocycles. The number of aryl methyl sites for hydroxylation is 1. The average Bonchev–Trinajstić information content (AvgIpc) is 2.46. The van der Waals surface area contributed by atoms with E-state index in [1.165, 1.54) is 0 Å². The van der Waals surface area contributed by atoms with E-state index in [1.807, 2.05) is 13.8 Å². The van der Waals surface area contributed by atoms with Crippen LogP contribution in [-0.4, -0.2) is 11.1 Å². The smallest absolute Gasteiger partial charge is 0.270 e. The van der Waals surface area contributed by atoms with Crippen molar-refractivity contribution in [3.63, 3.8) is 0 Å². The molecule has 0 atom stereocenters. The zero-order chi connectivity index (χ0) is 10.0. The molecular weight excluding hydrogens is 170 g/mol. The van der Waals surface area contributed by atoms with Gasteiger partial charge in [-0.1, -0.05) is 19.0 Å². The first-order valence-electron chi connectivity index (χ1n) is 4.05. The molecule has 13 heavy (non-hydrogen) atoms. The number of nitrogen functional groups attached to an aromatic ring is 1. The second kappa shape index (κ2) is 3.57. The fraction of sp³-hybridized carbons (Fsp3) is 0.500. The Morgan fingerprint density at radius 1 is 1.62 bits per heavy atom. The monoisotopic (exact) mass is 183 g/mol. The van der Waals surface area contributed by atoms with E-state index < -0.39 is 0 Å². The van der Waals surface area contributed by atoms with E-state index in [9.17, 15) is 4.79 Å². The van der Waals surface area contributed by atoms with Gasteiger partial charge in [-0.2, -0.15) is 0 Å². The van der Waals surface area contributed by atoms with Gasteiger partial charge >= 0.3 is 0 Å². The molecule has 0 spiro atoms. The summed E-state index contributed by atoms with van der Waals surface area (Å²) in [5.41, 5.74) is 3.07. The molecule has 0 fully saturated rings. The summed E-state index contributed by atoms with van der Waals surface area (Å²) in [6.07, 6.45) is 0. The van der Waals surface area contributed by atoms with Gasteiger partial charge in [-0.05, 0) is 6.92 Å². The van der Waals surface area contributed by atoms with Crippen molar-refractivity contribution in [2.24, 2.45) is 5.84 Å². The highest BCUT2D eigenvalue weighted by molar-refractivity contribution is 5.95. The number of amides is 1. The number of nitrogens with two attached hydrogens (primary N) is 1. The summed E-state index contributed by atoms with van der Waals surface area (Å²) in [4.78, 5) is 11.3. The number of hydrogen-bond acceptors (Lipinski definition) is 4. The first kappa shape index (κ1) is 9.73. The molecule has 0 aliphatic carbocycles. The normalized spacial score (nSPS) is 10.5. The van der Waals surface area contributed by atoms with E-state index >= 15 is 0 Å². The SMILES string of the molecule is Cc1noc(C(C)C)c1C(=O)NN. The highest BCUT2D eigenvalue weighted by atomic mass is 16.5. The molecule has 72 valence electrons. The second-order valence-corrected chi connectivity index (χ2v) is 3.14. The van der Waals surface area contributed by atoms with Crippen molar-refractivity contribution >= 4 is 5.91 Å². The summed E-state index contributed by atoms with van der Waals surface area (Å²) in [6, 6.07) is 0. The Labute approximate surface area is 76.2 Å². The quantitative estimate of drug-likeness (QED) is 0.402. The Balaban J connectivity index is 3.16. The first-order chi connectivity index (χ1) is 6.07. The number of hydrogen-bond donors (Lipinski definition) is 2. The van der Waals surface area contributed by atoms with Crippen LogP contribution in [0.1, 0.15) is 41.6 Å². The van der Waals surface area contributed by atoms with Gasteiger partial charge in [0.1, 0.15) is 5.56 Å². The number of nitrogens with zero attached hydrogens (tertiary/aromatic N) is 1. The van der Waals surface area contributed by atoms with Crippen LogP contribution in [0.3, 0.4) is 0 Å². The number of carbonyl (C=O) groups is 1. The molecule has 5 heteroatoms. The Kier molecular flexibility index (Phi) is 2.67. The zero-order valence-electron chi connectivity index (χ0n) is 7.92. The summed E-state index contributed by atoms with van der Waals surface area (Å²) >= 11 is 0. The lowest BCUT2D eigenvalue weighted by Crippen LogP contribution is -2.31. The minimum Gasteiger partial charge on any atom is -0.360 e. The van der Waals surface area contributed by atoms with E-state index in [4.69, 9.17) is 10.4 Å². The van der Waals surface area contributed by atoms with Crippen LogP contribution in [0.15, 0.2) is 4.52 Å². The van der Waals surface area contributed by atoms with Gasteiger partial charge in [-0.15, -0.1) is 0 Å². The molecule has 1 rings (SSSR count). The van der Waals surface area contributed by atoms with Gasteiger partial charge in [0.05, 0.1) is 5.69 Å². The first-order valence-corrected chi connectivity index (χ1v) is 4.05. The van der Waals surface area contributed by atoms with Crippen molar-refractivity contribution in [1.29, 1.82) is 0 Å². The number of aromatic nitrogens is 1. The molecule has 1 aromatic rings. The lowest BCUT2D eigenvalue weighted by molar-refractivity contribution is 0.0950. The standard InChI is InChI=1S/C8H13N3O2/c1-4(2)7-6(8(12)10-9)5(3)11-13-7/h4H,9H2,1-3H3,(H,10,12). The maximum absolute atomic E-state index is 11.3. The van der Waals surface area contributed by atoms with Crippen LogP contribution < -0.4 is 11.3 Å². The molecule has 1 amide bonds. The van der Waals surface area contributed by atoms with Gasteiger partial charge in [0, 0.05) is 5.92 Å². The van der Waals surface area contributed by atoms with Crippen molar-refractivity contribution in [1.82, 2.24) is 10.6 Å². The van der Waals surface area contributed by atoms with Crippen LogP contribution in [-0.2, 0) is 0 Å². The summed E-state index contributed by atoms with van der Waals surface area (Å²) in [5.74, 6) is 5.36. The van der Waals surface area contributed by atoms with E-state index in [0.717, 1.165) is 0 Å². The summed E-state index contributed by atoms with van der Waals surface area (Å²) in [5, 5.41) is 3.72. The highest BCUT2D eigenvalue weighted by Gasteiger charge is 2.21. The van der Waals surface area contributed by atoms with Crippen molar-refractivity contribution in [2.45, 2.75) is 26.7 Å². The molecule has 0 aliphatic heterocycles. The lowest BCUT2D eigenvalue weighted by atomic mass is 10.1. The second-order valence-electron chi connectivity index (χ2n) is 3.14. The van der Waals surface area contributed by atoms with Crippen molar-refractivity contribution in [3.05, 3.63) is 17.0 Å². The Bertz CT molecular complexity index is 317. The lowest BCUT2D eigenvalue weighted by Gasteiger charge is -2.02. The molecule has 0 saturated heterocycles. The fourth-order valence-corrected chi connectivity index (χ4v) is 1.13. The molecule has 1 aromatic heterocycles. The van der Waals surface area contributed by atoms with Crippen LogP contribution in [0.5, 0.6) is 0 Å². The maximum Gasteiger partial charge on any atom is 0.270 e. The predicted molar refractivity (Wildman–Crippen MR) is 47.0 cm³/mol. The highest BCUT2D eigenvalue weighted by Crippen LogP contribution is 2.21. The Morgan fingerprint density at radius 3 is 2.69 bits per heavy atom. The Morgan fingerprint density at radius 2 is 2.23 bits per heavy atom. The minimum atomic E-state index is -0.359. The topological polar surface area (TPSA) is 81.2 Å². The maximum atomic E-state index is 11.3. The number of hydrazine groups is 1. The summed E-state index contributed by atoms with van der Waals surface area (Å²) < 4.78 is 5.01. The molecule has 3 N–H and O–H groups in total. The van der Waals surface area contributed by atoms with E-state index in [-0.39, 0.29) is 11.8 Å². The molecule has 0 radical (unpaired) electrons. The van der Waals surface area contributed by atoms with Crippen LogP contribution in [0.25, 0.3) is 0 Å². The van der Waals surface area contributed by atoms with Gasteiger partial charge in [0.15, 0.2) is 5.76 Å². The average molecular weight is 183 g/mol. The largest absolute Gasteiger partial charge is 0.360 e. The molecule has 0 saturated carbocycles. The number of nitrogens with one attached hydrogen (secondary N) is 1. The van der Waals surface area contributed by atoms with Gasteiger partial charge in [-0.25, -0.2) is 5.84 Å². The van der Waals surface area contributed by atoms with E-state index in [1.54, 1.807) is 6.92 Å². The van der Waals surface area contributed by atoms with Crippen molar-refractivity contribution in [2.75, 3.05) is 0 Å². The van der Waals surface area contributed by atoms with Gasteiger partial charge < -0.3 is 4.52 Å². The number of carbonyl (C=O) groups excluding carboxylic acids is 1. The fourth-order valence-electron chi connectivity index (χ4n) is 1.13.